The molecule has 0 amide bonds. The average molecular weight is 263 g/mol. The van der Waals surface area contributed by atoms with Crippen molar-refractivity contribution in [2.24, 2.45) is 0 Å². The predicted octanol–water partition coefficient (Wildman–Crippen LogP) is 3.92. The van der Waals surface area contributed by atoms with E-state index in [-0.39, 0.29) is 5.82 Å². The second-order valence-corrected chi connectivity index (χ2v) is 4.62. The van der Waals surface area contributed by atoms with Gasteiger partial charge in [-0.05, 0) is 23.8 Å². The van der Waals surface area contributed by atoms with Crippen LogP contribution in [0.5, 0.6) is 0 Å². The molecule has 0 aliphatic heterocycles. The summed E-state index contributed by atoms with van der Waals surface area (Å²) < 4.78 is 14.7. The number of hydrogen-bond acceptors (Lipinski definition) is 2. The molecule has 1 N–H and O–H groups in total. The summed E-state index contributed by atoms with van der Waals surface area (Å²) in [6.07, 6.45) is 6.77. The van der Waals surface area contributed by atoms with Crippen LogP contribution in [0.2, 0.25) is 0 Å². The molecule has 96 valence electrons. The summed E-state index contributed by atoms with van der Waals surface area (Å²) in [6.45, 7) is 0. The zero-order chi connectivity index (χ0) is 13.5. The highest BCUT2D eigenvalue weighted by molar-refractivity contribution is 5.96. The number of nitrogens with one attached hydrogen (secondary N) is 1. The summed E-state index contributed by atoms with van der Waals surface area (Å²) in [5.41, 5.74) is 2.18. The van der Waals surface area contributed by atoms with Gasteiger partial charge in [0.1, 0.15) is 11.5 Å². The van der Waals surface area contributed by atoms with Gasteiger partial charge in [-0.2, -0.15) is 0 Å². The van der Waals surface area contributed by atoms with Crippen LogP contribution in [-0.2, 0) is 0 Å². The number of aromatic nitrogens is 3. The molecule has 4 rings (SSSR count). The van der Waals surface area contributed by atoms with Crippen LogP contribution in [0, 0.1) is 5.82 Å². The summed E-state index contributed by atoms with van der Waals surface area (Å²) in [6, 6.07) is 9.12. The maximum atomic E-state index is 14.7. The van der Waals surface area contributed by atoms with E-state index in [0.717, 1.165) is 22.0 Å². The third-order valence-corrected chi connectivity index (χ3v) is 3.50. The number of fused-ring (bicyclic) bond motifs is 2. The van der Waals surface area contributed by atoms with Crippen molar-refractivity contribution in [3.8, 4) is 11.1 Å². The molecule has 0 aliphatic carbocycles. The topological polar surface area (TPSA) is 41.6 Å². The molecule has 20 heavy (non-hydrogen) atoms. The highest BCUT2D eigenvalue weighted by atomic mass is 19.1. The first-order chi connectivity index (χ1) is 9.84. The largest absolute Gasteiger partial charge is 0.346 e. The van der Waals surface area contributed by atoms with Crippen molar-refractivity contribution in [3.63, 3.8) is 0 Å². The molecule has 1 aromatic carbocycles. The van der Waals surface area contributed by atoms with Gasteiger partial charge in [0.05, 0.1) is 0 Å². The Hall–Kier alpha value is -2.75. The van der Waals surface area contributed by atoms with Crippen molar-refractivity contribution in [1.82, 2.24) is 15.0 Å². The van der Waals surface area contributed by atoms with Crippen molar-refractivity contribution in [2.45, 2.75) is 0 Å². The average Bonchev–Trinajstić information content (AvgIpc) is 2.97. The van der Waals surface area contributed by atoms with Gasteiger partial charge in [0.15, 0.2) is 0 Å². The van der Waals surface area contributed by atoms with Crippen molar-refractivity contribution < 1.29 is 4.39 Å². The number of aromatic amines is 1. The number of benzene rings is 1. The Bertz CT molecular complexity index is 927. The monoisotopic (exact) mass is 263 g/mol. The lowest BCUT2D eigenvalue weighted by Gasteiger charge is -2.07. The van der Waals surface area contributed by atoms with E-state index in [0.29, 0.717) is 10.9 Å². The molecular formula is C16H10FN3. The van der Waals surface area contributed by atoms with Gasteiger partial charge < -0.3 is 4.98 Å². The van der Waals surface area contributed by atoms with Crippen LogP contribution in [0.1, 0.15) is 0 Å². The first kappa shape index (κ1) is 11.1. The number of nitrogens with zero attached hydrogens (tertiary/aromatic N) is 2. The molecule has 0 saturated carbocycles. The van der Waals surface area contributed by atoms with Crippen LogP contribution in [0.15, 0.2) is 55.1 Å². The molecule has 0 unspecified atom stereocenters. The number of pyridine rings is 2. The molecule has 0 spiro atoms. The van der Waals surface area contributed by atoms with Crippen LogP contribution in [-0.4, -0.2) is 15.0 Å². The van der Waals surface area contributed by atoms with Crippen LogP contribution >= 0.6 is 0 Å². The van der Waals surface area contributed by atoms with Crippen molar-refractivity contribution >= 4 is 21.8 Å². The van der Waals surface area contributed by atoms with Crippen molar-refractivity contribution in [1.29, 1.82) is 0 Å². The summed E-state index contributed by atoms with van der Waals surface area (Å²) in [7, 11) is 0. The van der Waals surface area contributed by atoms with Gasteiger partial charge in [0, 0.05) is 46.5 Å². The van der Waals surface area contributed by atoms with Gasteiger partial charge in [-0.3, -0.25) is 4.98 Å². The van der Waals surface area contributed by atoms with E-state index in [2.05, 4.69) is 15.0 Å². The molecule has 4 aromatic rings. The second kappa shape index (κ2) is 4.13. The molecule has 3 nitrogen and oxygen atoms in total. The third-order valence-electron chi connectivity index (χ3n) is 3.50. The molecule has 0 atom stereocenters. The standard InChI is InChI=1S/C16H10FN3/c17-15-11-3-6-18-9-10(11)1-2-13(15)12-4-7-19-16-14(12)5-8-20-16/h1-9H,(H,19,20). The first-order valence-electron chi connectivity index (χ1n) is 6.29. The Kier molecular flexibility index (Phi) is 2.29. The van der Waals surface area contributed by atoms with E-state index < -0.39 is 0 Å². The Morgan fingerprint density at radius 2 is 1.85 bits per heavy atom. The maximum Gasteiger partial charge on any atom is 0.138 e. The quantitative estimate of drug-likeness (QED) is 0.565. The summed E-state index contributed by atoms with van der Waals surface area (Å²) in [5, 5.41) is 2.30. The normalized spacial score (nSPS) is 11.2. The third kappa shape index (κ3) is 1.51. The van der Waals surface area contributed by atoms with Crippen LogP contribution in [0.25, 0.3) is 32.9 Å². The fraction of sp³-hybridized carbons (Fsp3) is 0. The minimum atomic E-state index is -0.224. The highest BCUT2D eigenvalue weighted by Crippen LogP contribution is 2.32. The molecule has 3 heterocycles. The fourth-order valence-corrected chi connectivity index (χ4v) is 2.53. The lowest BCUT2D eigenvalue weighted by molar-refractivity contribution is 0.643. The lowest BCUT2D eigenvalue weighted by atomic mass is 10.00. The minimum Gasteiger partial charge on any atom is -0.346 e. The Morgan fingerprint density at radius 3 is 2.80 bits per heavy atom. The van der Waals surface area contributed by atoms with Gasteiger partial charge >= 0.3 is 0 Å². The molecule has 0 aliphatic rings. The Balaban J connectivity index is 2.07. The Morgan fingerprint density at radius 1 is 0.900 bits per heavy atom. The zero-order valence-corrected chi connectivity index (χ0v) is 10.5. The van der Waals surface area contributed by atoms with Crippen molar-refractivity contribution in [2.75, 3.05) is 0 Å². The second-order valence-electron chi connectivity index (χ2n) is 4.62. The Labute approximate surface area is 114 Å². The summed E-state index contributed by atoms with van der Waals surface area (Å²) in [4.78, 5) is 11.3. The lowest BCUT2D eigenvalue weighted by Crippen LogP contribution is -1.89. The van der Waals surface area contributed by atoms with Crippen LogP contribution in [0.4, 0.5) is 4.39 Å². The van der Waals surface area contributed by atoms with E-state index >= 15 is 0 Å². The molecule has 4 heteroatoms. The van der Waals surface area contributed by atoms with Crippen LogP contribution in [0.3, 0.4) is 0 Å². The van der Waals surface area contributed by atoms with Gasteiger partial charge in [-0.15, -0.1) is 0 Å². The molecular weight excluding hydrogens is 253 g/mol. The van der Waals surface area contributed by atoms with Crippen molar-refractivity contribution in [3.05, 3.63) is 60.9 Å². The van der Waals surface area contributed by atoms with E-state index in [1.54, 1.807) is 30.7 Å². The maximum absolute atomic E-state index is 14.7. The number of H-pyrrole nitrogens is 1. The van der Waals surface area contributed by atoms with E-state index in [1.807, 2.05) is 24.4 Å². The highest BCUT2D eigenvalue weighted by Gasteiger charge is 2.12. The van der Waals surface area contributed by atoms with Gasteiger partial charge in [-0.1, -0.05) is 12.1 Å². The van der Waals surface area contributed by atoms with Gasteiger partial charge in [0.25, 0.3) is 0 Å². The molecule has 0 bridgehead atoms. The molecule has 0 fully saturated rings. The summed E-state index contributed by atoms with van der Waals surface area (Å²) >= 11 is 0. The van der Waals surface area contributed by atoms with Crippen LogP contribution < -0.4 is 0 Å². The SMILES string of the molecule is Fc1c(-c2ccnc3[nH]ccc23)ccc2cnccc12. The van der Waals surface area contributed by atoms with E-state index in [4.69, 9.17) is 0 Å². The van der Waals surface area contributed by atoms with E-state index in [9.17, 15) is 4.39 Å². The number of rotatable bonds is 1. The van der Waals surface area contributed by atoms with Gasteiger partial charge in [-0.25, -0.2) is 9.37 Å². The fourth-order valence-electron chi connectivity index (χ4n) is 2.53. The minimum absolute atomic E-state index is 0.224. The number of hydrogen-bond donors (Lipinski definition) is 1. The zero-order valence-electron chi connectivity index (χ0n) is 10.5. The van der Waals surface area contributed by atoms with Gasteiger partial charge in [0.2, 0.25) is 0 Å². The van der Waals surface area contributed by atoms with E-state index in [1.165, 1.54) is 0 Å². The summed E-state index contributed by atoms with van der Waals surface area (Å²) in [5.74, 6) is -0.224. The molecule has 0 radical (unpaired) electrons. The predicted molar refractivity (Wildman–Crippen MR) is 76.8 cm³/mol. The first-order valence-corrected chi connectivity index (χ1v) is 6.29. The molecule has 0 saturated heterocycles. The smallest absolute Gasteiger partial charge is 0.138 e. The molecule has 3 aromatic heterocycles. The number of halogens is 1.